The molecule has 2 heterocycles. The number of hydrazone groups is 1. The largest absolute Gasteiger partial charge is 0.317 e. The zero-order chi connectivity index (χ0) is 20.7. The van der Waals surface area contributed by atoms with Crippen molar-refractivity contribution in [3.05, 3.63) is 87.7 Å². The predicted octanol–water partition coefficient (Wildman–Crippen LogP) is 4.60. The van der Waals surface area contributed by atoms with Crippen LogP contribution in [-0.4, -0.2) is 27.6 Å². The van der Waals surface area contributed by atoms with Crippen LogP contribution in [0.25, 0.3) is 5.69 Å². The Hall–Kier alpha value is -3.47. The van der Waals surface area contributed by atoms with Gasteiger partial charge in [-0.3, -0.25) is 9.59 Å². The second-order valence-corrected chi connectivity index (χ2v) is 7.31. The molecule has 0 atom stereocenters. The number of amides is 2. The average Bonchev–Trinajstić information content (AvgIpc) is 3.13. The van der Waals surface area contributed by atoms with Gasteiger partial charge in [0.15, 0.2) is 0 Å². The van der Waals surface area contributed by atoms with Crippen LogP contribution in [0.5, 0.6) is 0 Å². The first-order valence-corrected chi connectivity index (χ1v) is 9.73. The minimum atomic E-state index is -0.386. The lowest BCUT2D eigenvalue weighted by Crippen LogP contribution is -2.24. The van der Waals surface area contributed by atoms with Gasteiger partial charge in [-0.2, -0.15) is 10.1 Å². The van der Waals surface area contributed by atoms with E-state index in [1.807, 2.05) is 13.0 Å². The van der Waals surface area contributed by atoms with Crippen LogP contribution in [0, 0.1) is 20.8 Å². The molecule has 2 aromatic carbocycles. The molecule has 29 heavy (non-hydrogen) atoms. The number of imide groups is 1. The number of benzene rings is 2. The van der Waals surface area contributed by atoms with Gasteiger partial charge >= 0.3 is 0 Å². The van der Waals surface area contributed by atoms with Crippen molar-refractivity contribution in [1.82, 2.24) is 9.58 Å². The van der Waals surface area contributed by atoms with Crippen LogP contribution in [0.3, 0.4) is 0 Å². The standard InChI is InChI=1S/C24H23N3O2/c1-5-18-10-8-9-15(2)22(18)26-16(3)13-19(17(26)4)14-25-27-23(28)20-11-6-7-12-21(20)24(27)29/h6-14H,5H2,1-4H3/b25-14-. The molecule has 0 saturated heterocycles. The summed E-state index contributed by atoms with van der Waals surface area (Å²) in [5, 5.41) is 5.19. The van der Waals surface area contributed by atoms with Crippen LogP contribution in [0.4, 0.5) is 0 Å². The van der Waals surface area contributed by atoms with Crippen molar-refractivity contribution in [2.24, 2.45) is 5.10 Å². The van der Waals surface area contributed by atoms with Crippen LogP contribution in [0.15, 0.2) is 53.6 Å². The molecular formula is C24H23N3O2. The van der Waals surface area contributed by atoms with Gasteiger partial charge in [0.25, 0.3) is 11.8 Å². The van der Waals surface area contributed by atoms with E-state index < -0.39 is 0 Å². The first-order valence-electron chi connectivity index (χ1n) is 9.73. The van der Waals surface area contributed by atoms with Gasteiger partial charge in [0.2, 0.25) is 0 Å². The van der Waals surface area contributed by atoms with Crippen molar-refractivity contribution in [1.29, 1.82) is 0 Å². The highest BCUT2D eigenvalue weighted by molar-refractivity contribution is 6.21. The topological polar surface area (TPSA) is 54.7 Å². The maximum atomic E-state index is 12.5. The summed E-state index contributed by atoms with van der Waals surface area (Å²) in [6.07, 6.45) is 2.54. The number of carbonyl (C=O) groups is 2. The highest BCUT2D eigenvalue weighted by atomic mass is 16.2. The highest BCUT2D eigenvalue weighted by Crippen LogP contribution is 2.27. The number of aryl methyl sites for hydroxylation is 3. The predicted molar refractivity (Wildman–Crippen MR) is 114 cm³/mol. The molecule has 0 saturated carbocycles. The van der Waals surface area contributed by atoms with Gasteiger partial charge in [0.1, 0.15) is 0 Å². The molecule has 0 unspecified atom stereocenters. The molecule has 1 aliphatic rings. The molecule has 0 bridgehead atoms. The Balaban J connectivity index is 1.72. The van der Waals surface area contributed by atoms with E-state index in [1.165, 1.54) is 16.8 Å². The Labute approximate surface area is 170 Å². The van der Waals surface area contributed by atoms with E-state index >= 15 is 0 Å². The molecular weight excluding hydrogens is 362 g/mol. The first-order chi connectivity index (χ1) is 13.9. The number of rotatable bonds is 4. The molecule has 3 aromatic rings. The fourth-order valence-corrected chi connectivity index (χ4v) is 3.99. The highest BCUT2D eigenvalue weighted by Gasteiger charge is 2.35. The van der Waals surface area contributed by atoms with Crippen LogP contribution in [0.1, 0.15) is 55.7 Å². The maximum Gasteiger partial charge on any atom is 0.282 e. The Morgan fingerprint density at radius 3 is 2.21 bits per heavy atom. The molecule has 5 heteroatoms. The Bertz CT molecular complexity index is 1140. The zero-order valence-electron chi connectivity index (χ0n) is 17.1. The summed E-state index contributed by atoms with van der Waals surface area (Å²) in [5.41, 5.74) is 7.43. The summed E-state index contributed by atoms with van der Waals surface area (Å²) in [7, 11) is 0. The third-order valence-corrected chi connectivity index (χ3v) is 5.48. The summed E-state index contributed by atoms with van der Waals surface area (Å²) in [6, 6.07) is 15.2. The monoisotopic (exact) mass is 385 g/mol. The lowest BCUT2D eigenvalue weighted by Gasteiger charge is -2.17. The van der Waals surface area contributed by atoms with Gasteiger partial charge in [-0.1, -0.05) is 37.3 Å². The fraction of sp³-hybridized carbons (Fsp3) is 0.208. The van der Waals surface area contributed by atoms with Crippen LogP contribution in [0.2, 0.25) is 0 Å². The van der Waals surface area contributed by atoms with E-state index in [4.69, 9.17) is 0 Å². The molecule has 0 N–H and O–H groups in total. The van der Waals surface area contributed by atoms with Gasteiger partial charge in [0, 0.05) is 17.0 Å². The SMILES string of the molecule is CCc1cccc(C)c1-n1c(C)cc(/C=N\N2C(=O)c3ccccc3C2=O)c1C. The molecule has 0 aliphatic carbocycles. The van der Waals surface area contributed by atoms with E-state index in [1.54, 1.807) is 30.5 Å². The van der Waals surface area contributed by atoms with E-state index in [9.17, 15) is 9.59 Å². The molecule has 146 valence electrons. The van der Waals surface area contributed by atoms with Crippen molar-refractivity contribution in [2.75, 3.05) is 0 Å². The van der Waals surface area contributed by atoms with E-state index in [-0.39, 0.29) is 11.8 Å². The summed E-state index contributed by atoms with van der Waals surface area (Å²) >= 11 is 0. The minimum absolute atomic E-state index is 0.386. The van der Waals surface area contributed by atoms with E-state index in [0.29, 0.717) is 11.1 Å². The third-order valence-electron chi connectivity index (χ3n) is 5.48. The molecule has 1 aromatic heterocycles. The minimum Gasteiger partial charge on any atom is -0.317 e. The maximum absolute atomic E-state index is 12.5. The molecule has 2 amide bonds. The summed E-state index contributed by atoms with van der Waals surface area (Å²) < 4.78 is 2.22. The second-order valence-electron chi connectivity index (χ2n) is 7.31. The van der Waals surface area contributed by atoms with E-state index in [2.05, 4.69) is 48.6 Å². The normalized spacial score (nSPS) is 13.6. The number of hydrogen-bond acceptors (Lipinski definition) is 3. The molecule has 1 aliphatic heterocycles. The number of fused-ring (bicyclic) bond motifs is 1. The first kappa shape index (κ1) is 18.9. The number of aromatic nitrogens is 1. The molecule has 0 spiro atoms. The van der Waals surface area contributed by atoms with Crippen LogP contribution in [-0.2, 0) is 6.42 Å². The molecule has 0 radical (unpaired) electrons. The van der Waals surface area contributed by atoms with Gasteiger partial charge in [-0.15, -0.1) is 0 Å². The summed E-state index contributed by atoms with van der Waals surface area (Å²) in [4.78, 5) is 25.0. The van der Waals surface area contributed by atoms with Crippen molar-refractivity contribution in [2.45, 2.75) is 34.1 Å². The Morgan fingerprint density at radius 1 is 0.931 bits per heavy atom. The Kier molecular flexibility index (Phi) is 4.66. The molecule has 0 fully saturated rings. The molecule has 4 rings (SSSR count). The molecule has 5 nitrogen and oxygen atoms in total. The van der Waals surface area contributed by atoms with Crippen LogP contribution >= 0.6 is 0 Å². The number of nitrogens with zero attached hydrogens (tertiary/aromatic N) is 3. The number of carbonyl (C=O) groups excluding carboxylic acids is 2. The lowest BCUT2D eigenvalue weighted by molar-refractivity contribution is 0.0660. The summed E-state index contributed by atoms with van der Waals surface area (Å²) in [6.45, 7) is 8.35. The van der Waals surface area contributed by atoms with Crippen molar-refractivity contribution >= 4 is 18.0 Å². The quantitative estimate of drug-likeness (QED) is 0.487. The zero-order valence-corrected chi connectivity index (χ0v) is 17.1. The lowest BCUT2D eigenvalue weighted by atomic mass is 10.1. The van der Waals surface area contributed by atoms with Crippen molar-refractivity contribution < 1.29 is 9.59 Å². The van der Waals surface area contributed by atoms with Gasteiger partial charge in [0.05, 0.1) is 23.0 Å². The van der Waals surface area contributed by atoms with Crippen molar-refractivity contribution in [3.63, 3.8) is 0 Å². The van der Waals surface area contributed by atoms with Crippen molar-refractivity contribution in [3.8, 4) is 5.69 Å². The second kappa shape index (κ2) is 7.17. The number of para-hydroxylation sites is 1. The van der Waals surface area contributed by atoms with Gasteiger partial charge in [-0.25, -0.2) is 0 Å². The third kappa shape index (κ3) is 2.99. The van der Waals surface area contributed by atoms with Gasteiger partial charge < -0.3 is 4.57 Å². The number of hydrogen-bond donors (Lipinski definition) is 0. The average molecular weight is 385 g/mol. The smallest absolute Gasteiger partial charge is 0.282 e. The van der Waals surface area contributed by atoms with E-state index in [0.717, 1.165) is 28.4 Å². The van der Waals surface area contributed by atoms with Gasteiger partial charge in [-0.05, 0) is 56.5 Å². The summed E-state index contributed by atoms with van der Waals surface area (Å²) in [5.74, 6) is -0.773. The van der Waals surface area contributed by atoms with Crippen LogP contribution < -0.4 is 0 Å². The Morgan fingerprint density at radius 2 is 1.59 bits per heavy atom. The fourth-order valence-electron chi connectivity index (χ4n) is 3.99.